The maximum absolute atomic E-state index is 12.7. The smallest absolute Gasteiger partial charge is 0.408 e. The molecule has 2 aromatic carbocycles. The molecule has 0 unspecified atom stereocenters. The van der Waals surface area contributed by atoms with Crippen molar-refractivity contribution in [2.75, 3.05) is 0 Å². The van der Waals surface area contributed by atoms with Gasteiger partial charge in [0.25, 0.3) is 0 Å². The molecule has 31 heavy (non-hydrogen) atoms. The molecule has 1 N–H and O–H groups in total. The normalized spacial score (nSPS) is 12.3. The van der Waals surface area contributed by atoms with E-state index in [-0.39, 0.29) is 5.75 Å². The molecule has 0 fully saturated rings. The Morgan fingerprint density at radius 1 is 1.06 bits per heavy atom. The molecule has 1 aromatic heterocycles. The first-order valence-electron chi connectivity index (χ1n) is 9.88. The fourth-order valence-corrected chi connectivity index (χ4v) is 3.06. The third-order valence-corrected chi connectivity index (χ3v) is 4.33. The van der Waals surface area contributed by atoms with E-state index >= 15 is 0 Å². The van der Waals surface area contributed by atoms with Crippen LogP contribution in [0, 0.1) is 6.92 Å². The maximum atomic E-state index is 12.7. The zero-order chi connectivity index (χ0) is 22.8. The van der Waals surface area contributed by atoms with Crippen molar-refractivity contribution >= 4 is 23.0 Å². The summed E-state index contributed by atoms with van der Waals surface area (Å²) in [5, 5.41) is 2.96. The van der Waals surface area contributed by atoms with Gasteiger partial charge in [-0.2, -0.15) is 0 Å². The van der Waals surface area contributed by atoms with Gasteiger partial charge in [-0.25, -0.2) is 14.4 Å². The molecule has 0 spiro atoms. The van der Waals surface area contributed by atoms with Crippen molar-refractivity contribution in [3.8, 4) is 16.9 Å². The number of carbonyl (C=O) groups is 2. The van der Waals surface area contributed by atoms with Crippen LogP contribution >= 0.6 is 0 Å². The Hall–Kier alpha value is -3.61. The minimum atomic E-state index is -0.957. The third-order valence-electron chi connectivity index (χ3n) is 4.33. The lowest BCUT2D eigenvalue weighted by molar-refractivity contribution is -0.136. The largest absolute Gasteiger partial charge is 0.444 e. The summed E-state index contributed by atoms with van der Waals surface area (Å²) >= 11 is 0. The first-order valence-corrected chi connectivity index (χ1v) is 9.88. The molecule has 0 radical (unpaired) electrons. The Morgan fingerprint density at radius 2 is 1.74 bits per heavy atom. The van der Waals surface area contributed by atoms with E-state index in [0.29, 0.717) is 16.5 Å². The van der Waals surface area contributed by atoms with Crippen molar-refractivity contribution in [3.05, 3.63) is 64.5 Å². The number of rotatable bonds is 4. The maximum Gasteiger partial charge on any atom is 0.408 e. The van der Waals surface area contributed by atoms with E-state index in [2.05, 4.69) is 5.32 Å². The van der Waals surface area contributed by atoms with Crippen molar-refractivity contribution in [1.29, 1.82) is 0 Å². The monoisotopic (exact) mass is 423 g/mol. The number of alkyl carbamates (subject to hydrolysis) is 1. The van der Waals surface area contributed by atoms with Crippen LogP contribution in [-0.4, -0.2) is 23.7 Å². The fraction of sp³-hybridized carbons (Fsp3) is 0.292. The zero-order valence-electron chi connectivity index (χ0n) is 18.1. The summed E-state index contributed by atoms with van der Waals surface area (Å²) in [6, 6.07) is 13.1. The van der Waals surface area contributed by atoms with Gasteiger partial charge in [0.2, 0.25) is 0 Å². The lowest BCUT2D eigenvalue weighted by Crippen LogP contribution is -2.43. The number of carbonyl (C=O) groups excluding carboxylic acids is 2. The van der Waals surface area contributed by atoms with Gasteiger partial charge in [0, 0.05) is 11.6 Å². The molecular formula is C24H25NO6. The van der Waals surface area contributed by atoms with Crippen LogP contribution in [0.2, 0.25) is 0 Å². The van der Waals surface area contributed by atoms with Crippen molar-refractivity contribution in [3.63, 3.8) is 0 Å². The number of aryl methyl sites for hydroxylation is 1. The Kier molecular flexibility index (Phi) is 6.15. The van der Waals surface area contributed by atoms with E-state index in [4.69, 9.17) is 13.9 Å². The minimum absolute atomic E-state index is 0.237. The van der Waals surface area contributed by atoms with Gasteiger partial charge in [0.1, 0.15) is 23.0 Å². The van der Waals surface area contributed by atoms with Crippen LogP contribution in [0.15, 0.2) is 57.7 Å². The third kappa shape index (κ3) is 5.51. The second-order valence-corrected chi connectivity index (χ2v) is 8.27. The molecule has 1 atom stereocenters. The lowest BCUT2D eigenvalue weighted by atomic mass is 10.0. The van der Waals surface area contributed by atoms with Crippen molar-refractivity contribution in [2.24, 2.45) is 0 Å². The van der Waals surface area contributed by atoms with E-state index in [1.165, 1.54) is 13.0 Å². The predicted octanol–water partition coefficient (Wildman–Crippen LogP) is 4.59. The summed E-state index contributed by atoms with van der Waals surface area (Å²) < 4.78 is 16.2. The van der Waals surface area contributed by atoms with Crippen LogP contribution in [0.3, 0.4) is 0 Å². The Labute approximate surface area is 180 Å². The van der Waals surface area contributed by atoms with Crippen molar-refractivity contribution in [2.45, 2.75) is 46.3 Å². The van der Waals surface area contributed by atoms with Gasteiger partial charge in [-0.15, -0.1) is 0 Å². The topological polar surface area (TPSA) is 94.8 Å². The van der Waals surface area contributed by atoms with Crippen LogP contribution in [0.4, 0.5) is 4.79 Å². The number of fused-ring (bicyclic) bond motifs is 1. The molecule has 7 heteroatoms. The first-order chi connectivity index (χ1) is 14.5. The van der Waals surface area contributed by atoms with Gasteiger partial charge in [-0.05, 0) is 57.9 Å². The highest BCUT2D eigenvalue weighted by molar-refractivity contribution is 5.99. The van der Waals surface area contributed by atoms with Gasteiger partial charge in [0.15, 0.2) is 0 Å². The standard InChI is InChI=1S/C24H25NO6/c1-14-11-18-21(17(13-20(26)29-18)16-9-7-6-8-10-16)19(12-14)30-22(27)15(2)25-23(28)31-24(3,4)5/h6-13,15H,1-5H3,(H,25,28)/t15-/m0/s1. The minimum Gasteiger partial charge on any atom is -0.444 e. The van der Waals surface area contributed by atoms with Crippen LogP contribution in [-0.2, 0) is 9.53 Å². The summed E-state index contributed by atoms with van der Waals surface area (Å²) in [6.45, 7) is 8.49. The quantitative estimate of drug-likeness (QED) is 0.375. The summed E-state index contributed by atoms with van der Waals surface area (Å²) in [5.74, 6) is -0.441. The Bertz CT molecular complexity index is 1170. The molecule has 0 saturated carbocycles. The zero-order valence-corrected chi connectivity index (χ0v) is 18.1. The average molecular weight is 423 g/mol. The van der Waals surface area contributed by atoms with Crippen molar-refractivity contribution in [1.82, 2.24) is 5.32 Å². The fourth-order valence-electron chi connectivity index (χ4n) is 3.06. The predicted molar refractivity (Wildman–Crippen MR) is 117 cm³/mol. The molecule has 0 aliphatic heterocycles. The molecule has 0 bridgehead atoms. The highest BCUT2D eigenvalue weighted by Crippen LogP contribution is 2.35. The molecule has 0 saturated heterocycles. The Morgan fingerprint density at radius 3 is 2.39 bits per heavy atom. The van der Waals surface area contributed by atoms with Gasteiger partial charge in [0.05, 0.1) is 5.39 Å². The molecular weight excluding hydrogens is 398 g/mol. The van der Waals surface area contributed by atoms with E-state index < -0.39 is 29.3 Å². The number of nitrogens with one attached hydrogen (secondary N) is 1. The molecule has 1 heterocycles. The van der Waals surface area contributed by atoms with Crippen LogP contribution in [0.25, 0.3) is 22.1 Å². The molecule has 3 rings (SSSR count). The number of hydrogen-bond acceptors (Lipinski definition) is 6. The number of hydrogen-bond donors (Lipinski definition) is 1. The Balaban J connectivity index is 1.98. The molecule has 3 aromatic rings. The average Bonchev–Trinajstić information content (AvgIpc) is 2.65. The number of ether oxygens (including phenoxy) is 2. The number of amides is 1. The second kappa shape index (κ2) is 8.63. The molecule has 1 amide bonds. The van der Waals surface area contributed by atoms with E-state index in [0.717, 1.165) is 11.1 Å². The van der Waals surface area contributed by atoms with Gasteiger partial charge in [-0.1, -0.05) is 30.3 Å². The highest BCUT2D eigenvalue weighted by atomic mass is 16.6. The molecule has 162 valence electrons. The second-order valence-electron chi connectivity index (χ2n) is 8.27. The van der Waals surface area contributed by atoms with E-state index in [1.807, 2.05) is 30.3 Å². The van der Waals surface area contributed by atoms with E-state index in [9.17, 15) is 14.4 Å². The summed E-state index contributed by atoms with van der Waals surface area (Å²) in [4.78, 5) is 36.8. The molecule has 0 aliphatic carbocycles. The summed E-state index contributed by atoms with van der Waals surface area (Å²) in [7, 11) is 0. The first kappa shape index (κ1) is 22.1. The van der Waals surface area contributed by atoms with Crippen LogP contribution in [0.1, 0.15) is 33.3 Å². The van der Waals surface area contributed by atoms with Crippen LogP contribution < -0.4 is 15.7 Å². The SMILES string of the molecule is Cc1cc(OC(=O)[C@H](C)NC(=O)OC(C)(C)C)c2c(-c3ccccc3)cc(=O)oc2c1. The van der Waals surface area contributed by atoms with Crippen molar-refractivity contribution < 1.29 is 23.5 Å². The summed E-state index contributed by atoms with van der Waals surface area (Å²) in [5.41, 5.74) is 1.22. The van der Waals surface area contributed by atoms with Gasteiger partial charge in [-0.3, -0.25) is 0 Å². The molecule has 7 nitrogen and oxygen atoms in total. The van der Waals surface area contributed by atoms with Gasteiger partial charge >= 0.3 is 17.7 Å². The highest BCUT2D eigenvalue weighted by Gasteiger charge is 2.24. The number of esters is 1. The van der Waals surface area contributed by atoms with Crippen LogP contribution in [0.5, 0.6) is 5.75 Å². The summed E-state index contributed by atoms with van der Waals surface area (Å²) in [6.07, 6.45) is -0.720. The van der Waals surface area contributed by atoms with Gasteiger partial charge < -0.3 is 19.2 Å². The van der Waals surface area contributed by atoms with E-state index in [1.54, 1.807) is 39.8 Å². The lowest BCUT2D eigenvalue weighted by Gasteiger charge is -2.21. The molecule has 0 aliphatic rings. The number of benzene rings is 2.